The average molecular weight is 225 g/mol. The van der Waals surface area contributed by atoms with Crippen molar-refractivity contribution in [3.05, 3.63) is 0 Å². The van der Waals surface area contributed by atoms with Gasteiger partial charge in [0.2, 0.25) is 0 Å². The molecule has 2 rings (SSSR count). The van der Waals surface area contributed by atoms with Gasteiger partial charge in [-0.3, -0.25) is 0 Å². The van der Waals surface area contributed by atoms with Crippen LogP contribution in [-0.2, 0) is 4.74 Å². The zero-order valence-corrected chi connectivity index (χ0v) is 10.9. The topological polar surface area (TPSA) is 21.3 Å². The van der Waals surface area contributed by atoms with E-state index in [9.17, 15) is 0 Å². The van der Waals surface area contributed by atoms with Crippen molar-refractivity contribution in [2.24, 2.45) is 5.41 Å². The third-order valence-corrected chi connectivity index (χ3v) is 4.81. The van der Waals surface area contributed by atoms with Gasteiger partial charge in [0.1, 0.15) is 0 Å². The van der Waals surface area contributed by atoms with Crippen LogP contribution < -0.4 is 5.32 Å². The van der Waals surface area contributed by atoms with Crippen molar-refractivity contribution in [2.75, 3.05) is 13.7 Å². The summed E-state index contributed by atoms with van der Waals surface area (Å²) in [4.78, 5) is 0. The van der Waals surface area contributed by atoms with Gasteiger partial charge in [0, 0.05) is 19.7 Å². The standard InChI is InChI=1S/C14H27NO/c1-12(16-2)11-15-13-5-9-14(10-6-13)7-3-4-8-14/h12-13,15H,3-11H2,1-2H3. The molecule has 1 spiro atoms. The molecule has 1 unspecified atom stereocenters. The van der Waals surface area contributed by atoms with E-state index in [0.717, 1.165) is 18.0 Å². The summed E-state index contributed by atoms with van der Waals surface area (Å²) in [6.45, 7) is 3.14. The van der Waals surface area contributed by atoms with Crippen LogP contribution in [0.5, 0.6) is 0 Å². The first-order valence-electron chi connectivity index (χ1n) is 7.00. The zero-order valence-electron chi connectivity index (χ0n) is 10.9. The van der Waals surface area contributed by atoms with Crippen LogP contribution >= 0.6 is 0 Å². The van der Waals surface area contributed by atoms with Crippen LogP contribution in [0.15, 0.2) is 0 Å². The van der Waals surface area contributed by atoms with Crippen molar-refractivity contribution >= 4 is 0 Å². The Bertz CT molecular complexity index is 201. The molecule has 0 heterocycles. The summed E-state index contributed by atoms with van der Waals surface area (Å²) < 4.78 is 5.27. The lowest BCUT2D eigenvalue weighted by Gasteiger charge is -2.37. The highest BCUT2D eigenvalue weighted by Crippen LogP contribution is 2.48. The first kappa shape index (κ1) is 12.4. The Hall–Kier alpha value is -0.0800. The Balaban J connectivity index is 1.69. The molecule has 0 aromatic rings. The average Bonchev–Trinajstić information content (AvgIpc) is 2.77. The minimum atomic E-state index is 0.349. The zero-order chi connectivity index (χ0) is 11.4. The Morgan fingerprint density at radius 2 is 1.81 bits per heavy atom. The summed E-state index contributed by atoms with van der Waals surface area (Å²) in [5, 5.41) is 3.65. The van der Waals surface area contributed by atoms with Gasteiger partial charge in [-0.15, -0.1) is 0 Å². The van der Waals surface area contributed by atoms with Gasteiger partial charge in [-0.2, -0.15) is 0 Å². The fourth-order valence-electron chi connectivity index (χ4n) is 3.48. The van der Waals surface area contributed by atoms with E-state index < -0.39 is 0 Å². The lowest BCUT2D eigenvalue weighted by Crippen LogP contribution is -2.40. The summed E-state index contributed by atoms with van der Waals surface area (Å²) in [7, 11) is 1.79. The largest absolute Gasteiger partial charge is 0.380 e. The SMILES string of the molecule is COC(C)CNC1CCC2(CCCC2)CC1. The van der Waals surface area contributed by atoms with E-state index in [-0.39, 0.29) is 0 Å². The molecule has 2 nitrogen and oxygen atoms in total. The molecule has 2 saturated carbocycles. The van der Waals surface area contributed by atoms with Gasteiger partial charge in [-0.25, -0.2) is 0 Å². The molecule has 16 heavy (non-hydrogen) atoms. The highest BCUT2D eigenvalue weighted by atomic mass is 16.5. The van der Waals surface area contributed by atoms with Gasteiger partial charge in [0.05, 0.1) is 6.10 Å². The van der Waals surface area contributed by atoms with Gasteiger partial charge in [0.15, 0.2) is 0 Å². The monoisotopic (exact) mass is 225 g/mol. The maximum Gasteiger partial charge on any atom is 0.0667 e. The second-order valence-corrected chi connectivity index (χ2v) is 5.94. The van der Waals surface area contributed by atoms with E-state index in [2.05, 4.69) is 12.2 Å². The Morgan fingerprint density at radius 3 is 2.38 bits per heavy atom. The Kier molecular flexibility index (Phi) is 4.26. The van der Waals surface area contributed by atoms with Gasteiger partial charge >= 0.3 is 0 Å². The fourth-order valence-corrected chi connectivity index (χ4v) is 3.48. The van der Waals surface area contributed by atoms with Crippen molar-refractivity contribution in [1.29, 1.82) is 0 Å². The van der Waals surface area contributed by atoms with Crippen molar-refractivity contribution in [3.8, 4) is 0 Å². The molecule has 0 aliphatic heterocycles. The molecular formula is C14H27NO. The lowest BCUT2D eigenvalue weighted by atomic mass is 9.71. The second-order valence-electron chi connectivity index (χ2n) is 5.94. The second kappa shape index (κ2) is 5.50. The lowest BCUT2D eigenvalue weighted by molar-refractivity contribution is 0.105. The van der Waals surface area contributed by atoms with Crippen molar-refractivity contribution in [3.63, 3.8) is 0 Å². The molecule has 0 saturated heterocycles. The molecule has 0 amide bonds. The molecule has 0 aromatic heterocycles. The van der Waals surface area contributed by atoms with E-state index in [1.54, 1.807) is 7.11 Å². The number of hydrogen-bond donors (Lipinski definition) is 1. The van der Waals surface area contributed by atoms with Crippen LogP contribution in [0.3, 0.4) is 0 Å². The Morgan fingerprint density at radius 1 is 1.19 bits per heavy atom. The van der Waals surface area contributed by atoms with Crippen LogP contribution in [0, 0.1) is 5.41 Å². The Labute approximate surface area is 100 Å². The highest BCUT2D eigenvalue weighted by molar-refractivity contribution is 4.91. The van der Waals surface area contributed by atoms with E-state index in [0.29, 0.717) is 6.10 Å². The summed E-state index contributed by atoms with van der Waals surface area (Å²) in [5.41, 5.74) is 0.769. The van der Waals surface area contributed by atoms with Crippen molar-refractivity contribution in [2.45, 2.75) is 70.4 Å². The molecule has 0 aromatic carbocycles. The number of hydrogen-bond acceptors (Lipinski definition) is 2. The number of methoxy groups -OCH3 is 1. The maximum absolute atomic E-state index is 5.27. The van der Waals surface area contributed by atoms with E-state index >= 15 is 0 Å². The smallest absolute Gasteiger partial charge is 0.0667 e. The predicted octanol–water partition coefficient (Wildman–Crippen LogP) is 3.11. The molecule has 2 aliphatic carbocycles. The molecular weight excluding hydrogens is 198 g/mol. The van der Waals surface area contributed by atoms with Crippen molar-refractivity contribution in [1.82, 2.24) is 5.32 Å². The molecule has 2 fully saturated rings. The molecule has 2 heteroatoms. The van der Waals surface area contributed by atoms with Gasteiger partial charge in [-0.1, -0.05) is 12.8 Å². The van der Waals surface area contributed by atoms with Crippen LogP contribution in [-0.4, -0.2) is 25.8 Å². The number of nitrogens with one attached hydrogen (secondary N) is 1. The molecule has 0 bridgehead atoms. The molecule has 94 valence electrons. The van der Waals surface area contributed by atoms with E-state index in [1.165, 1.54) is 51.4 Å². The minimum Gasteiger partial charge on any atom is -0.380 e. The van der Waals surface area contributed by atoms with E-state index in [1.807, 2.05) is 0 Å². The first-order valence-corrected chi connectivity index (χ1v) is 7.00. The summed E-state index contributed by atoms with van der Waals surface area (Å²) >= 11 is 0. The third kappa shape index (κ3) is 2.98. The van der Waals surface area contributed by atoms with Crippen LogP contribution in [0.2, 0.25) is 0 Å². The molecule has 1 N–H and O–H groups in total. The van der Waals surface area contributed by atoms with Gasteiger partial charge in [-0.05, 0) is 50.9 Å². The predicted molar refractivity (Wildman–Crippen MR) is 67.6 cm³/mol. The summed E-state index contributed by atoms with van der Waals surface area (Å²) in [5.74, 6) is 0. The fraction of sp³-hybridized carbons (Fsp3) is 1.00. The van der Waals surface area contributed by atoms with Crippen LogP contribution in [0.4, 0.5) is 0 Å². The van der Waals surface area contributed by atoms with Crippen molar-refractivity contribution < 1.29 is 4.74 Å². The normalized spacial score (nSPS) is 27.4. The third-order valence-electron chi connectivity index (χ3n) is 4.81. The van der Waals surface area contributed by atoms with E-state index in [4.69, 9.17) is 4.74 Å². The van der Waals surface area contributed by atoms with Crippen LogP contribution in [0.1, 0.15) is 58.3 Å². The molecule has 2 aliphatic rings. The number of rotatable bonds is 4. The van der Waals surface area contributed by atoms with Gasteiger partial charge < -0.3 is 10.1 Å². The number of ether oxygens (including phenoxy) is 1. The highest BCUT2D eigenvalue weighted by Gasteiger charge is 2.37. The van der Waals surface area contributed by atoms with Gasteiger partial charge in [0.25, 0.3) is 0 Å². The molecule has 1 atom stereocenters. The quantitative estimate of drug-likeness (QED) is 0.794. The summed E-state index contributed by atoms with van der Waals surface area (Å²) in [6, 6.07) is 0.754. The first-order chi connectivity index (χ1) is 7.74. The minimum absolute atomic E-state index is 0.349. The maximum atomic E-state index is 5.27. The summed E-state index contributed by atoms with van der Waals surface area (Å²) in [6.07, 6.45) is 12.0. The molecule has 0 radical (unpaired) electrons. The van der Waals surface area contributed by atoms with Crippen LogP contribution in [0.25, 0.3) is 0 Å².